The van der Waals surface area contributed by atoms with Gasteiger partial charge in [0, 0.05) is 33.2 Å². The molecule has 0 aliphatic carbocycles. The van der Waals surface area contributed by atoms with Gasteiger partial charge in [-0.15, -0.1) is 0 Å². The number of aryl methyl sites for hydroxylation is 2. The maximum Gasteiger partial charge on any atom is 0.368 e. The van der Waals surface area contributed by atoms with Gasteiger partial charge in [-0.2, -0.15) is 9.36 Å². The topological polar surface area (TPSA) is 68.4 Å². The molecule has 8 nitrogen and oxygen atoms in total. The Balaban J connectivity index is 1.63. The van der Waals surface area contributed by atoms with Crippen molar-refractivity contribution in [3.63, 3.8) is 0 Å². The molecule has 1 aromatic carbocycles. The zero-order valence-electron chi connectivity index (χ0n) is 14.8. The number of aromatic nitrogens is 4. The number of hydrogen-bond donors (Lipinski definition) is 0. The molecule has 0 radical (unpaired) electrons. The van der Waals surface area contributed by atoms with E-state index in [4.69, 9.17) is 4.74 Å². The molecule has 3 heterocycles. The van der Waals surface area contributed by atoms with E-state index in [0.717, 1.165) is 57.2 Å². The molecule has 25 heavy (non-hydrogen) atoms. The Kier molecular flexibility index (Phi) is 4.30. The third kappa shape index (κ3) is 2.96. The summed E-state index contributed by atoms with van der Waals surface area (Å²) in [6.07, 6.45) is 0.914. The third-order valence-corrected chi connectivity index (χ3v) is 5.19. The van der Waals surface area contributed by atoms with E-state index >= 15 is 0 Å². The van der Waals surface area contributed by atoms with Gasteiger partial charge >= 0.3 is 5.69 Å². The molecule has 0 amide bonds. The number of tetrazole rings is 1. The minimum absolute atomic E-state index is 0.222. The second kappa shape index (κ2) is 6.61. The highest BCUT2D eigenvalue weighted by molar-refractivity contribution is 5.64. The highest BCUT2D eigenvalue weighted by atomic mass is 16.5. The summed E-state index contributed by atoms with van der Waals surface area (Å²) in [6.45, 7) is 7.71. The summed E-state index contributed by atoms with van der Waals surface area (Å²) in [5.74, 6) is 0. The van der Waals surface area contributed by atoms with Crippen LogP contribution in [0.1, 0.15) is 12.5 Å². The van der Waals surface area contributed by atoms with Gasteiger partial charge in [0.1, 0.15) is 0 Å². The smallest absolute Gasteiger partial charge is 0.368 e. The van der Waals surface area contributed by atoms with Crippen molar-refractivity contribution in [3.8, 4) is 5.69 Å². The first-order valence-electron chi connectivity index (χ1n) is 8.86. The van der Waals surface area contributed by atoms with Gasteiger partial charge in [0.15, 0.2) is 0 Å². The second-order valence-corrected chi connectivity index (χ2v) is 6.69. The maximum atomic E-state index is 12.4. The van der Waals surface area contributed by atoms with E-state index in [1.54, 1.807) is 7.05 Å². The average molecular weight is 344 g/mol. The minimum atomic E-state index is -0.222. The summed E-state index contributed by atoms with van der Waals surface area (Å²) in [5.41, 5.74) is 2.82. The van der Waals surface area contributed by atoms with Crippen molar-refractivity contribution >= 4 is 5.69 Å². The van der Waals surface area contributed by atoms with Crippen molar-refractivity contribution in [1.82, 2.24) is 24.7 Å². The first-order valence-corrected chi connectivity index (χ1v) is 8.86. The molecule has 8 heteroatoms. The van der Waals surface area contributed by atoms with Crippen molar-refractivity contribution < 1.29 is 4.74 Å². The second-order valence-electron chi connectivity index (χ2n) is 6.69. The van der Waals surface area contributed by atoms with E-state index in [1.807, 2.05) is 0 Å². The number of ether oxygens (including phenoxy) is 1. The zero-order chi connectivity index (χ0) is 17.4. The van der Waals surface area contributed by atoms with Gasteiger partial charge in [0.25, 0.3) is 0 Å². The fourth-order valence-electron chi connectivity index (χ4n) is 3.45. The van der Waals surface area contributed by atoms with E-state index in [1.165, 1.54) is 14.9 Å². The molecule has 2 saturated heterocycles. The van der Waals surface area contributed by atoms with Gasteiger partial charge in [0.2, 0.25) is 0 Å². The lowest BCUT2D eigenvalue weighted by molar-refractivity contribution is -0.0660. The molecule has 0 saturated carbocycles. The molecule has 0 unspecified atom stereocenters. The van der Waals surface area contributed by atoms with Gasteiger partial charge in [-0.3, -0.25) is 4.90 Å². The van der Waals surface area contributed by atoms with Gasteiger partial charge < -0.3 is 9.64 Å². The minimum Gasteiger partial charge on any atom is -0.378 e. The Hall–Kier alpha value is -2.19. The molecule has 2 aliphatic rings. The predicted molar refractivity (Wildman–Crippen MR) is 94.4 cm³/mol. The summed E-state index contributed by atoms with van der Waals surface area (Å²) in [6, 6.07) is 6.87. The van der Waals surface area contributed by atoms with Crippen LogP contribution in [-0.4, -0.2) is 70.1 Å². The Morgan fingerprint density at radius 2 is 1.88 bits per heavy atom. The molecule has 0 bridgehead atoms. The van der Waals surface area contributed by atoms with Crippen molar-refractivity contribution in [2.75, 3.05) is 44.3 Å². The number of benzene rings is 1. The summed E-state index contributed by atoms with van der Waals surface area (Å²) >= 11 is 0. The molecule has 134 valence electrons. The maximum absolute atomic E-state index is 12.4. The zero-order valence-corrected chi connectivity index (χ0v) is 14.8. The molecule has 2 fully saturated rings. The van der Waals surface area contributed by atoms with Crippen LogP contribution >= 0.6 is 0 Å². The van der Waals surface area contributed by atoms with Crippen LogP contribution < -0.4 is 10.6 Å². The van der Waals surface area contributed by atoms with Crippen LogP contribution in [0.3, 0.4) is 0 Å². The van der Waals surface area contributed by atoms with Crippen molar-refractivity contribution in [1.29, 1.82) is 0 Å². The highest BCUT2D eigenvalue weighted by Crippen LogP contribution is 2.26. The van der Waals surface area contributed by atoms with E-state index in [2.05, 4.69) is 45.3 Å². The van der Waals surface area contributed by atoms with Gasteiger partial charge in [0.05, 0.1) is 30.6 Å². The SMILES string of the molecule is CCc1ccc(N2CCN(C3COC3)CC2)c(-n2nnn(C)c2=O)c1. The average Bonchev–Trinajstić information content (AvgIpc) is 2.93. The fraction of sp³-hybridized carbons (Fsp3) is 0.588. The molecule has 0 spiro atoms. The Morgan fingerprint density at radius 3 is 2.44 bits per heavy atom. The number of anilines is 1. The van der Waals surface area contributed by atoms with Crippen LogP contribution in [0.25, 0.3) is 5.69 Å². The van der Waals surface area contributed by atoms with Crippen LogP contribution in [0.5, 0.6) is 0 Å². The van der Waals surface area contributed by atoms with Gasteiger partial charge in [-0.25, -0.2) is 4.79 Å². The van der Waals surface area contributed by atoms with Crippen molar-refractivity contribution in [2.24, 2.45) is 7.05 Å². The normalized spacial score (nSPS) is 19.2. The molecule has 2 aromatic rings. The first-order chi connectivity index (χ1) is 12.2. The van der Waals surface area contributed by atoms with Crippen LogP contribution in [0, 0.1) is 0 Å². The molecule has 0 atom stereocenters. The van der Waals surface area contributed by atoms with E-state index in [0.29, 0.717) is 6.04 Å². The van der Waals surface area contributed by atoms with Crippen LogP contribution in [0.2, 0.25) is 0 Å². The Bertz CT molecular complexity index is 802. The Labute approximate surface area is 146 Å². The first kappa shape index (κ1) is 16.3. The van der Waals surface area contributed by atoms with E-state index in [9.17, 15) is 4.79 Å². The molecule has 2 aliphatic heterocycles. The van der Waals surface area contributed by atoms with Crippen LogP contribution in [-0.2, 0) is 18.2 Å². The molecule has 4 rings (SSSR count). The monoisotopic (exact) mass is 344 g/mol. The molecular weight excluding hydrogens is 320 g/mol. The highest BCUT2D eigenvalue weighted by Gasteiger charge is 2.29. The fourth-order valence-corrected chi connectivity index (χ4v) is 3.45. The summed E-state index contributed by atoms with van der Waals surface area (Å²) < 4.78 is 7.97. The van der Waals surface area contributed by atoms with Crippen LogP contribution in [0.15, 0.2) is 23.0 Å². The predicted octanol–water partition coefficient (Wildman–Crippen LogP) is 0.0492. The van der Waals surface area contributed by atoms with Gasteiger partial charge in [-0.1, -0.05) is 13.0 Å². The Morgan fingerprint density at radius 1 is 1.12 bits per heavy atom. The largest absolute Gasteiger partial charge is 0.378 e. The van der Waals surface area contributed by atoms with E-state index < -0.39 is 0 Å². The summed E-state index contributed by atoms with van der Waals surface area (Å²) in [5, 5.41) is 7.91. The van der Waals surface area contributed by atoms with Gasteiger partial charge in [-0.05, 0) is 34.5 Å². The number of rotatable bonds is 4. The lowest BCUT2D eigenvalue weighted by Crippen LogP contribution is -2.56. The summed E-state index contributed by atoms with van der Waals surface area (Å²) in [7, 11) is 1.62. The third-order valence-electron chi connectivity index (χ3n) is 5.19. The lowest BCUT2D eigenvalue weighted by Gasteiger charge is -2.43. The molecule has 0 N–H and O–H groups in total. The standard InChI is InChI=1S/C17H24N6O2/c1-3-13-4-5-15(16(10-13)23-17(24)20(2)18-19-23)22-8-6-21(7-9-22)14-11-25-12-14/h4-5,10,14H,3,6-9,11-12H2,1-2H3. The number of piperazine rings is 1. The number of nitrogens with zero attached hydrogens (tertiary/aromatic N) is 6. The van der Waals surface area contributed by atoms with Crippen LogP contribution in [0.4, 0.5) is 5.69 Å². The summed E-state index contributed by atoms with van der Waals surface area (Å²) in [4.78, 5) is 17.2. The van der Waals surface area contributed by atoms with E-state index in [-0.39, 0.29) is 5.69 Å². The van der Waals surface area contributed by atoms with Crippen molar-refractivity contribution in [3.05, 3.63) is 34.2 Å². The lowest BCUT2D eigenvalue weighted by atomic mass is 10.1. The molecule has 1 aromatic heterocycles. The van der Waals surface area contributed by atoms with Crippen molar-refractivity contribution in [2.45, 2.75) is 19.4 Å². The quantitative estimate of drug-likeness (QED) is 0.781. The number of hydrogen-bond acceptors (Lipinski definition) is 6. The molecular formula is C17H24N6O2.